The molecule has 1 saturated heterocycles. The summed E-state index contributed by atoms with van der Waals surface area (Å²) in [6.45, 7) is 4.20. The maximum atomic E-state index is 12.0. The van der Waals surface area contributed by atoms with E-state index in [2.05, 4.69) is 13.0 Å². The van der Waals surface area contributed by atoms with Crippen LogP contribution in [0.15, 0.2) is 12.2 Å². The van der Waals surface area contributed by atoms with E-state index in [1.807, 2.05) is 11.0 Å². The summed E-state index contributed by atoms with van der Waals surface area (Å²) >= 11 is 0. The quantitative estimate of drug-likeness (QED) is 0.229. The predicted octanol–water partition coefficient (Wildman–Crippen LogP) is 7.04. The topological polar surface area (TPSA) is 20.3 Å². The number of unbranched alkanes of at least 4 members (excludes halogenated alkanes) is 13. The molecule has 0 aromatic carbocycles. The second-order valence-electron chi connectivity index (χ2n) is 7.82. The van der Waals surface area contributed by atoms with Gasteiger partial charge in [0.25, 0.3) is 0 Å². The van der Waals surface area contributed by atoms with Crippen LogP contribution < -0.4 is 0 Å². The zero-order valence-electron chi connectivity index (χ0n) is 16.9. The molecule has 0 atom stereocenters. The average molecular weight is 350 g/mol. The van der Waals surface area contributed by atoms with Crippen molar-refractivity contribution in [1.29, 1.82) is 0 Å². The lowest BCUT2D eigenvalue weighted by atomic mass is 10.0. The number of hydrogen-bond acceptors (Lipinski definition) is 1. The second-order valence-corrected chi connectivity index (χ2v) is 7.82. The molecule has 0 spiro atoms. The minimum absolute atomic E-state index is 0.231. The van der Waals surface area contributed by atoms with Gasteiger partial charge in [0, 0.05) is 13.1 Å². The Bertz CT molecular complexity index is 331. The molecule has 1 amide bonds. The summed E-state index contributed by atoms with van der Waals surface area (Å²) in [7, 11) is 0. The molecule has 0 aliphatic carbocycles. The van der Waals surface area contributed by atoms with Gasteiger partial charge in [-0.3, -0.25) is 4.79 Å². The smallest absolute Gasteiger partial charge is 0.246 e. The maximum absolute atomic E-state index is 12.0. The van der Waals surface area contributed by atoms with Crippen LogP contribution in [0, 0.1) is 0 Å². The van der Waals surface area contributed by atoms with Crippen LogP contribution in [0.3, 0.4) is 0 Å². The van der Waals surface area contributed by atoms with Gasteiger partial charge in [-0.2, -0.15) is 0 Å². The lowest BCUT2D eigenvalue weighted by molar-refractivity contribution is -0.126. The molecule has 1 aliphatic heterocycles. The third-order valence-electron chi connectivity index (χ3n) is 5.40. The van der Waals surface area contributed by atoms with Gasteiger partial charge in [0.2, 0.25) is 5.91 Å². The molecule has 25 heavy (non-hydrogen) atoms. The fourth-order valence-electron chi connectivity index (χ4n) is 3.68. The highest BCUT2D eigenvalue weighted by molar-refractivity contribution is 5.87. The molecule has 1 aliphatic rings. The number of hydrogen-bond donors (Lipinski definition) is 0. The highest BCUT2D eigenvalue weighted by Crippen LogP contribution is 2.13. The average Bonchev–Trinajstić information content (AvgIpc) is 2.65. The normalized spacial score (nSPS) is 15.2. The number of likely N-dealkylation sites (tertiary alicyclic amines) is 1. The van der Waals surface area contributed by atoms with Crippen molar-refractivity contribution in [2.75, 3.05) is 13.1 Å². The van der Waals surface area contributed by atoms with Gasteiger partial charge >= 0.3 is 0 Å². The minimum atomic E-state index is 0.231. The van der Waals surface area contributed by atoms with Gasteiger partial charge < -0.3 is 4.90 Å². The van der Waals surface area contributed by atoms with E-state index in [0.29, 0.717) is 0 Å². The van der Waals surface area contributed by atoms with Crippen molar-refractivity contribution in [2.45, 2.75) is 116 Å². The van der Waals surface area contributed by atoms with E-state index in [1.54, 1.807) is 0 Å². The lowest BCUT2D eigenvalue weighted by Crippen LogP contribution is -2.34. The van der Waals surface area contributed by atoms with Crippen LogP contribution in [0.4, 0.5) is 0 Å². The van der Waals surface area contributed by atoms with Crippen molar-refractivity contribution < 1.29 is 4.79 Å². The van der Waals surface area contributed by atoms with Crippen LogP contribution in [-0.4, -0.2) is 23.9 Å². The molecule has 2 nitrogen and oxygen atoms in total. The van der Waals surface area contributed by atoms with E-state index in [4.69, 9.17) is 0 Å². The molecule has 1 fully saturated rings. The Morgan fingerprint density at radius 2 is 1.20 bits per heavy atom. The lowest BCUT2D eigenvalue weighted by Gasteiger charge is -2.25. The number of carbonyl (C=O) groups excluding carboxylic acids is 1. The first-order chi connectivity index (χ1) is 12.3. The number of rotatable bonds is 15. The Morgan fingerprint density at radius 3 is 1.72 bits per heavy atom. The minimum Gasteiger partial charge on any atom is -0.339 e. The number of piperidine rings is 1. The Morgan fingerprint density at radius 1 is 0.720 bits per heavy atom. The first-order valence-corrected chi connectivity index (χ1v) is 11.3. The maximum Gasteiger partial charge on any atom is 0.246 e. The molecule has 0 aromatic rings. The Balaban J connectivity index is 1.79. The molecule has 0 bridgehead atoms. The van der Waals surface area contributed by atoms with E-state index in [-0.39, 0.29) is 5.91 Å². The monoisotopic (exact) mass is 349 g/mol. The van der Waals surface area contributed by atoms with Gasteiger partial charge in [0.1, 0.15) is 0 Å². The van der Waals surface area contributed by atoms with Crippen LogP contribution in [0.5, 0.6) is 0 Å². The number of amides is 1. The molecule has 0 saturated carbocycles. The van der Waals surface area contributed by atoms with Crippen LogP contribution in [0.1, 0.15) is 116 Å². The molecule has 0 aromatic heterocycles. The fraction of sp³-hybridized carbons (Fsp3) is 0.870. The fourth-order valence-corrected chi connectivity index (χ4v) is 3.68. The number of nitrogens with zero attached hydrogens (tertiary/aromatic N) is 1. The molecule has 1 heterocycles. The van der Waals surface area contributed by atoms with E-state index < -0.39 is 0 Å². The molecular weight excluding hydrogens is 306 g/mol. The van der Waals surface area contributed by atoms with Gasteiger partial charge in [-0.1, -0.05) is 90.0 Å². The summed E-state index contributed by atoms with van der Waals surface area (Å²) in [5.41, 5.74) is 0. The molecule has 0 N–H and O–H groups in total. The standard InChI is InChI=1S/C23H43NO/c1-2-3-4-5-6-7-8-9-10-11-12-13-14-15-17-20-23(25)24-21-18-16-19-22-24/h17,20H,2-16,18-19,21-22H2,1H3. The summed E-state index contributed by atoms with van der Waals surface area (Å²) in [5, 5.41) is 0. The Labute approximate surface area is 157 Å². The summed E-state index contributed by atoms with van der Waals surface area (Å²) in [5.74, 6) is 0.231. The van der Waals surface area contributed by atoms with Crippen molar-refractivity contribution in [3.8, 4) is 0 Å². The van der Waals surface area contributed by atoms with E-state index in [9.17, 15) is 4.79 Å². The zero-order valence-corrected chi connectivity index (χ0v) is 16.9. The van der Waals surface area contributed by atoms with Gasteiger partial charge in [0.15, 0.2) is 0 Å². The molecular formula is C23H43NO. The highest BCUT2D eigenvalue weighted by Gasteiger charge is 2.13. The van der Waals surface area contributed by atoms with Crippen molar-refractivity contribution in [1.82, 2.24) is 4.90 Å². The van der Waals surface area contributed by atoms with Crippen LogP contribution in [-0.2, 0) is 4.79 Å². The van der Waals surface area contributed by atoms with Gasteiger partial charge in [-0.05, 0) is 38.2 Å². The molecule has 146 valence electrons. The van der Waals surface area contributed by atoms with Gasteiger partial charge in [0.05, 0.1) is 0 Å². The predicted molar refractivity (Wildman–Crippen MR) is 110 cm³/mol. The second kappa shape index (κ2) is 16.7. The third kappa shape index (κ3) is 13.1. The van der Waals surface area contributed by atoms with Crippen molar-refractivity contribution in [2.24, 2.45) is 0 Å². The van der Waals surface area contributed by atoms with Gasteiger partial charge in [-0.15, -0.1) is 0 Å². The molecule has 0 radical (unpaired) electrons. The van der Waals surface area contributed by atoms with Crippen molar-refractivity contribution >= 4 is 5.91 Å². The number of allylic oxidation sites excluding steroid dienone is 1. The van der Waals surface area contributed by atoms with Crippen LogP contribution in [0.25, 0.3) is 0 Å². The first-order valence-electron chi connectivity index (χ1n) is 11.3. The zero-order chi connectivity index (χ0) is 18.0. The van der Waals surface area contributed by atoms with E-state index >= 15 is 0 Å². The third-order valence-corrected chi connectivity index (χ3v) is 5.40. The SMILES string of the molecule is CCCCCCCCCCCCCCCC=CC(=O)N1CCCCC1. The number of carbonyl (C=O) groups is 1. The Hall–Kier alpha value is -0.790. The summed E-state index contributed by atoms with van der Waals surface area (Å²) < 4.78 is 0. The van der Waals surface area contributed by atoms with E-state index in [1.165, 1.54) is 103 Å². The van der Waals surface area contributed by atoms with E-state index in [0.717, 1.165) is 19.5 Å². The van der Waals surface area contributed by atoms with Gasteiger partial charge in [-0.25, -0.2) is 0 Å². The molecule has 0 unspecified atom stereocenters. The van der Waals surface area contributed by atoms with Crippen LogP contribution in [0.2, 0.25) is 0 Å². The highest BCUT2D eigenvalue weighted by atomic mass is 16.2. The largest absolute Gasteiger partial charge is 0.339 e. The molecule has 2 heteroatoms. The van der Waals surface area contributed by atoms with Crippen molar-refractivity contribution in [3.05, 3.63) is 12.2 Å². The van der Waals surface area contributed by atoms with Crippen LogP contribution >= 0.6 is 0 Å². The summed E-state index contributed by atoms with van der Waals surface area (Å²) in [4.78, 5) is 14.0. The molecule has 1 rings (SSSR count). The first kappa shape index (κ1) is 22.3. The Kier molecular flexibility index (Phi) is 14.8. The van der Waals surface area contributed by atoms with Crippen molar-refractivity contribution in [3.63, 3.8) is 0 Å². The summed E-state index contributed by atoms with van der Waals surface area (Å²) in [6, 6.07) is 0. The summed E-state index contributed by atoms with van der Waals surface area (Å²) in [6.07, 6.45) is 26.8.